The molecular weight excluding hydrogens is 469 g/mol. The number of amides is 2. The monoisotopic (exact) mass is 494 g/mol. The summed E-state index contributed by atoms with van der Waals surface area (Å²) in [6, 6.07) is 14.4. The van der Waals surface area contributed by atoms with Gasteiger partial charge in [0.05, 0.1) is 0 Å². The van der Waals surface area contributed by atoms with E-state index in [1.165, 1.54) is 29.2 Å². The van der Waals surface area contributed by atoms with E-state index in [1.807, 2.05) is 12.1 Å². The normalized spacial score (nSPS) is 22.2. The molecule has 0 aliphatic carbocycles. The lowest BCUT2D eigenvalue weighted by Crippen LogP contribution is -2.60. The number of hydrogen-bond donors (Lipinski definition) is 1. The van der Waals surface area contributed by atoms with Crippen LogP contribution in [0.4, 0.5) is 13.2 Å². The first-order valence-electron chi connectivity index (χ1n) is 11.1. The van der Waals surface area contributed by atoms with E-state index in [9.17, 15) is 22.8 Å². The minimum absolute atomic E-state index is 0.0244. The summed E-state index contributed by atoms with van der Waals surface area (Å²) in [5.41, 5.74) is -2.78. The molecule has 2 aromatic carbocycles. The molecule has 0 aromatic heterocycles. The zero-order chi connectivity index (χ0) is 24.6. The fourth-order valence-electron chi connectivity index (χ4n) is 5.41. The third-order valence-electron chi connectivity index (χ3n) is 7.26. The number of ether oxygens (including phenoxy) is 1. The molecule has 182 valence electrons. The maximum Gasteiger partial charge on any atom is 0.430 e. The SMILES string of the molecule is CO[C@@](C(=O)N1CCC2(CC1)CC(=O)NCC2c1ccc(Cl)cc1)(c1ccccc1)C(F)(F)F. The first-order valence-corrected chi connectivity index (χ1v) is 11.5. The predicted molar refractivity (Wildman–Crippen MR) is 121 cm³/mol. The van der Waals surface area contributed by atoms with Crippen molar-refractivity contribution in [3.05, 3.63) is 70.7 Å². The summed E-state index contributed by atoms with van der Waals surface area (Å²) in [4.78, 5) is 27.0. The molecule has 2 aliphatic heterocycles. The highest BCUT2D eigenvalue weighted by molar-refractivity contribution is 6.30. The van der Waals surface area contributed by atoms with E-state index in [1.54, 1.807) is 18.2 Å². The van der Waals surface area contributed by atoms with Crippen LogP contribution in [-0.2, 0) is 19.9 Å². The van der Waals surface area contributed by atoms with Gasteiger partial charge < -0.3 is 15.0 Å². The van der Waals surface area contributed by atoms with Crippen LogP contribution in [0.5, 0.6) is 0 Å². The number of carbonyl (C=O) groups excluding carboxylic acids is 2. The van der Waals surface area contributed by atoms with E-state index >= 15 is 0 Å². The van der Waals surface area contributed by atoms with Crippen LogP contribution in [0.3, 0.4) is 0 Å². The number of benzene rings is 2. The number of hydrogen-bond acceptors (Lipinski definition) is 3. The average molecular weight is 495 g/mol. The van der Waals surface area contributed by atoms with Gasteiger partial charge in [-0.25, -0.2) is 0 Å². The highest BCUT2D eigenvalue weighted by Crippen LogP contribution is 2.50. The van der Waals surface area contributed by atoms with E-state index in [0.29, 0.717) is 24.4 Å². The van der Waals surface area contributed by atoms with Crippen LogP contribution >= 0.6 is 11.6 Å². The van der Waals surface area contributed by atoms with E-state index in [4.69, 9.17) is 16.3 Å². The van der Waals surface area contributed by atoms with Gasteiger partial charge in [0.25, 0.3) is 11.5 Å². The Morgan fingerprint density at radius 3 is 2.26 bits per heavy atom. The number of piperidine rings is 2. The summed E-state index contributed by atoms with van der Waals surface area (Å²) >= 11 is 6.03. The Morgan fingerprint density at radius 1 is 1.09 bits per heavy atom. The molecule has 2 aromatic rings. The van der Waals surface area contributed by atoms with Crippen molar-refractivity contribution in [2.75, 3.05) is 26.7 Å². The summed E-state index contributed by atoms with van der Waals surface area (Å²) in [5, 5.41) is 3.50. The van der Waals surface area contributed by atoms with Gasteiger partial charge >= 0.3 is 6.18 Å². The Kier molecular flexibility index (Phi) is 6.66. The second kappa shape index (κ2) is 9.23. The molecular formula is C25H26ClF3N2O3. The number of rotatable bonds is 4. The minimum atomic E-state index is -4.95. The van der Waals surface area contributed by atoms with Crippen LogP contribution in [-0.4, -0.2) is 49.6 Å². The summed E-state index contributed by atoms with van der Waals surface area (Å²) in [7, 11) is 0.909. The molecule has 2 amide bonds. The van der Waals surface area contributed by atoms with E-state index in [2.05, 4.69) is 5.32 Å². The van der Waals surface area contributed by atoms with Crippen molar-refractivity contribution in [3.63, 3.8) is 0 Å². The predicted octanol–water partition coefficient (Wildman–Crippen LogP) is 4.66. The van der Waals surface area contributed by atoms with Crippen molar-refractivity contribution in [3.8, 4) is 0 Å². The molecule has 0 radical (unpaired) electrons. The van der Waals surface area contributed by atoms with Gasteiger partial charge in [-0.05, 0) is 36.0 Å². The van der Waals surface area contributed by atoms with Crippen LogP contribution in [0.25, 0.3) is 0 Å². The molecule has 2 atom stereocenters. The molecule has 4 rings (SSSR count). The quantitative estimate of drug-likeness (QED) is 0.672. The lowest BCUT2D eigenvalue weighted by Gasteiger charge is -2.50. The third-order valence-corrected chi connectivity index (χ3v) is 7.51. The summed E-state index contributed by atoms with van der Waals surface area (Å²) in [5.74, 6) is -1.24. The molecule has 34 heavy (non-hydrogen) atoms. The van der Waals surface area contributed by atoms with Gasteiger partial charge in [-0.2, -0.15) is 13.2 Å². The van der Waals surface area contributed by atoms with Gasteiger partial charge in [0.15, 0.2) is 0 Å². The number of nitrogens with zero attached hydrogens (tertiary/aromatic N) is 1. The van der Waals surface area contributed by atoms with Gasteiger partial charge in [0.2, 0.25) is 5.91 Å². The van der Waals surface area contributed by atoms with Crippen molar-refractivity contribution in [2.24, 2.45) is 5.41 Å². The Balaban J connectivity index is 1.61. The van der Waals surface area contributed by atoms with Crippen molar-refractivity contribution >= 4 is 23.4 Å². The smallest absolute Gasteiger partial charge is 0.356 e. The van der Waals surface area contributed by atoms with Gasteiger partial charge in [-0.3, -0.25) is 9.59 Å². The van der Waals surface area contributed by atoms with Crippen LogP contribution in [0.15, 0.2) is 54.6 Å². The molecule has 1 spiro atoms. The van der Waals surface area contributed by atoms with Crippen molar-refractivity contribution in [1.29, 1.82) is 0 Å². The Morgan fingerprint density at radius 2 is 1.71 bits per heavy atom. The fraction of sp³-hybridized carbons (Fsp3) is 0.440. The molecule has 2 saturated heterocycles. The molecule has 1 N–H and O–H groups in total. The molecule has 0 saturated carbocycles. The maximum absolute atomic E-state index is 14.3. The summed E-state index contributed by atoms with van der Waals surface area (Å²) in [6.45, 7) is 0.636. The highest BCUT2D eigenvalue weighted by atomic mass is 35.5. The minimum Gasteiger partial charge on any atom is -0.356 e. The standard InChI is InChI=1S/C25H26ClF3N2O3/c1-34-24(25(27,28)29,18-5-3-2-4-6-18)22(33)31-13-11-23(12-14-31)15-21(32)30-16-20(23)17-7-9-19(26)10-8-17/h2-10,20H,11-16H2,1H3,(H,30,32)/t20?,24-/m1/s1. The molecule has 2 heterocycles. The lowest BCUT2D eigenvalue weighted by molar-refractivity contribution is -0.271. The second-order valence-corrected chi connectivity index (χ2v) is 9.43. The van der Waals surface area contributed by atoms with Gasteiger partial charge in [-0.1, -0.05) is 54.1 Å². The number of carbonyl (C=O) groups is 2. The average Bonchev–Trinajstić information content (AvgIpc) is 2.81. The van der Waals surface area contributed by atoms with E-state index < -0.39 is 23.1 Å². The zero-order valence-electron chi connectivity index (χ0n) is 18.7. The topological polar surface area (TPSA) is 58.6 Å². The number of likely N-dealkylation sites (tertiary alicyclic amines) is 1. The molecule has 1 unspecified atom stereocenters. The Bertz CT molecular complexity index is 1040. The van der Waals surface area contributed by atoms with Crippen molar-refractivity contribution < 1.29 is 27.5 Å². The largest absolute Gasteiger partial charge is 0.430 e. The van der Waals surface area contributed by atoms with Crippen molar-refractivity contribution in [1.82, 2.24) is 10.2 Å². The maximum atomic E-state index is 14.3. The first-order chi connectivity index (χ1) is 16.1. The zero-order valence-corrected chi connectivity index (χ0v) is 19.5. The van der Waals surface area contributed by atoms with Crippen molar-refractivity contribution in [2.45, 2.75) is 37.0 Å². The lowest BCUT2D eigenvalue weighted by atomic mass is 9.62. The number of methoxy groups -OCH3 is 1. The highest BCUT2D eigenvalue weighted by Gasteiger charge is 2.64. The first kappa shape index (κ1) is 24.5. The van der Waals surface area contributed by atoms with Gasteiger partial charge in [0.1, 0.15) is 0 Å². The third kappa shape index (κ3) is 4.18. The van der Waals surface area contributed by atoms with Crippen LogP contribution in [0.1, 0.15) is 36.3 Å². The Hall–Kier alpha value is -2.58. The summed E-state index contributed by atoms with van der Waals surface area (Å²) in [6.07, 6.45) is -3.88. The molecule has 5 nitrogen and oxygen atoms in total. The van der Waals surface area contributed by atoms with Gasteiger partial charge in [-0.15, -0.1) is 0 Å². The number of halogens is 4. The fourth-order valence-corrected chi connectivity index (χ4v) is 5.54. The second-order valence-electron chi connectivity index (χ2n) is 8.99. The molecule has 2 fully saturated rings. The summed E-state index contributed by atoms with van der Waals surface area (Å²) < 4.78 is 48.0. The molecule has 0 bridgehead atoms. The number of nitrogens with one attached hydrogen (secondary N) is 1. The molecule has 9 heteroatoms. The van der Waals surface area contributed by atoms with E-state index in [0.717, 1.165) is 12.7 Å². The van der Waals surface area contributed by atoms with Gasteiger partial charge in [0, 0.05) is 49.7 Å². The van der Waals surface area contributed by atoms with E-state index in [-0.39, 0.29) is 36.9 Å². The Labute approximate surface area is 201 Å². The van der Waals surface area contributed by atoms with Crippen LogP contribution < -0.4 is 5.32 Å². The molecule has 2 aliphatic rings. The van der Waals surface area contributed by atoms with Crippen LogP contribution in [0.2, 0.25) is 5.02 Å². The number of alkyl halides is 3. The van der Waals surface area contributed by atoms with Crippen LogP contribution in [0, 0.1) is 5.41 Å².